The predicted molar refractivity (Wildman–Crippen MR) is 34.8 cm³/mol. The van der Waals surface area contributed by atoms with Gasteiger partial charge in [-0.3, -0.25) is 4.79 Å². The predicted octanol–water partition coefficient (Wildman–Crippen LogP) is -0.0681. The van der Waals surface area contributed by atoms with Gasteiger partial charge in [-0.05, 0) is 6.04 Å². The fraction of sp³-hybridized carbons (Fsp3) is 0.833. The average molecular weight is 285 g/mol. The molecular weight excluding hydrogens is 275 g/mol. The molecule has 1 saturated heterocycles. The maximum atomic E-state index is 10.8. The molecule has 11 heavy (non-hydrogen) atoms. The molecular formula is C6H10NO3Pr-. The van der Waals surface area contributed by atoms with Crippen molar-refractivity contribution in [2.75, 3.05) is 26.9 Å². The molecule has 0 spiro atoms. The molecule has 1 rings (SSSR count). The monoisotopic (exact) mass is 285 g/mol. The SMILES string of the molecule is COC(=O)[C@@H]1COCC[N-]1.[Pr]. The first-order chi connectivity index (χ1) is 4.84. The summed E-state index contributed by atoms with van der Waals surface area (Å²) in [6, 6.07) is -0.390. The van der Waals surface area contributed by atoms with Crippen molar-refractivity contribution in [1.29, 1.82) is 0 Å². The molecule has 0 aromatic carbocycles. The van der Waals surface area contributed by atoms with E-state index in [9.17, 15) is 4.79 Å². The standard InChI is InChI=1S/C6H10NO3.Pr/c1-9-6(8)5-4-10-3-2-7-5;/h5H,2-4H2,1H3;/q-1;/t5-;/m0./s1. The van der Waals surface area contributed by atoms with Crippen molar-refractivity contribution in [3.8, 4) is 0 Å². The van der Waals surface area contributed by atoms with Gasteiger partial charge in [-0.25, -0.2) is 0 Å². The fourth-order valence-corrected chi connectivity index (χ4v) is 0.799. The van der Waals surface area contributed by atoms with E-state index in [2.05, 4.69) is 10.1 Å². The molecule has 0 bridgehead atoms. The minimum absolute atomic E-state index is 0. The Morgan fingerprint density at radius 1 is 1.73 bits per heavy atom. The van der Waals surface area contributed by atoms with Gasteiger partial charge in [-0.15, -0.1) is 6.54 Å². The van der Waals surface area contributed by atoms with E-state index < -0.39 is 6.04 Å². The molecule has 0 aromatic heterocycles. The number of rotatable bonds is 1. The molecule has 1 heterocycles. The summed E-state index contributed by atoms with van der Waals surface area (Å²) < 4.78 is 9.49. The first-order valence-corrected chi connectivity index (χ1v) is 3.17. The van der Waals surface area contributed by atoms with Crippen molar-refractivity contribution in [2.24, 2.45) is 0 Å². The summed E-state index contributed by atoms with van der Waals surface area (Å²) >= 11 is 0. The van der Waals surface area contributed by atoms with Crippen LogP contribution in [0.25, 0.3) is 5.32 Å². The molecule has 1 aliphatic heterocycles. The topological polar surface area (TPSA) is 49.6 Å². The van der Waals surface area contributed by atoms with Crippen LogP contribution in [0.2, 0.25) is 0 Å². The van der Waals surface area contributed by atoms with Crippen LogP contribution in [0.15, 0.2) is 0 Å². The van der Waals surface area contributed by atoms with Crippen LogP contribution in [0, 0.1) is 41.3 Å². The number of nitrogens with zero attached hydrogens (tertiary/aromatic N) is 1. The van der Waals surface area contributed by atoms with Crippen molar-refractivity contribution in [2.45, 2.75) is 6.04 Å². The van der Waals surface area contributed by atoms with E-state index in [1.165, 1.54) is 7.11 Å². The quantitative estimate of drug-likeness (QED) is 0.634. The molecule has 0 unspecified atom stereocenters. The van der Waals surface area contributed by atoms with Crippen molar-refractivity contribution >= 4 is 5.97 Å². The summed E-state index contributed by atoms with van der Waals surface area (Å²) in [7, 11) is 1.35. The second-order valence-electron chi connectivity index (χ2n) is 2.02. The maximum Gasteiger partial charge on any atom is 0.289 e. The number of methoxy groups -OCH3 is 1. The Kier molecular flexibility index (Phi) is 6.72. The molecule has 0 amide bonds. The molecule has 1 radical (unpaired) electrons. The largest absolute Gasteiger partial charge is 0.646 e. The normalized spacial score (nSPS) is 23.5. The van der Waals surface area contributed by atoms with Crippen LogP contribution in [0.4, 0.5) is 0 Å². The fourth-order valence-electron chi connectivity index (χ4n) is 0.799. The Hall–Kier alpha value is 0.754. The Morgan fingerprint density at radius 2 is 2.45 bits per heavy atom. The van der Waals surface area contributed by atoms with Gasteiger partial charge in [0.1, 0.15) is 0 Å². The van der Waals surface area contributed by atoms with Crippen LogP contribution in [-0.4, -0.2) is 38.9 Å². The van der Waals surface area contributed by atoms with E-state index in [-0.39, 0.29) is 47.3 Å². The Morgan fingerprint density at radius 3 is 2.91 bits per heavy atom. The summed E-state index contributed by atoms with van der Waals surface area (Å²) in [5, 5.41) is 4.00. The number of esters is 1. The van der Waals surface area contributed by atoms with E-state index in [1.54, 1.807) is 0 Å². The van der Waals surface area contributed by atoms with Gasteiger partial charge < -0.3 is 14.8 Å². The summed E-state index contributed by atoms with van der Waals surface area (Å²) in [5.41, 5.74) is 0. The number of carbonyl (C=O) groups is 1. The van der Waals surface area contributed by atoms with Gasteiger partial charge in [-0.1, -0.05) is 0 Å². The van der Waals surface area contributed by atoms with Crippen LogP contribution < -0.4 is 0 Å². The van der Waals surface area contributed by atoms with Crippen LogP contribution in [0.1, 0.15) is 0 Å². The third-order valence-electron chi connectivity index (χ3n) is 1.33. The van der Waals surface area contributed by atoms with E-state index in [0.29, 0.717) is 19.8 Å². The third kappa shape index (κ3) is 3.79. The molecule has 0 aliphatic carbocycles. The molecule has 61 valence electrons. The zero-order valence-electron chi connectivity index (χ0n) is 6.45. The third-order valence-corrected chi connectivity index (χ3v) is 1.33. The minimum atomic E-state index is -0.390. The molecule has 0 saturated carbocycles. The number of ether oxygens (including phenoxy) is 2. The Bertz CT molecular complexity index is 125. The van der Waals surface area contributed by atoms with Crippen LogP contribution in [0.3, 0.4) is 0 Å². The van der Waals surface area contributed by atoms with Crippen LogP contribution >= 0.6 is 0 Å². The molecule has 0 N–H and O–H groups in total. The van der Waals surface area contributed by atoms with Gasteiger partial charge in [0.2, 0.25) is 0 Å². The Labute approximate surface area is 99.0 Å². The summed E-state index contributed by atoms with van der Waals surface area (Å²) in [6.07, 6.45) is 0. The number of morpholine rings is 1. The van der Waals surface area contributed by atoms with Crippen LogP contribution in [-0.2, 0) is 14.3 Å². The van der Waals surface area contributed by atoms with Crippen molar-refractivity contribution in [3.05, 3.63) is 5.32 Å². The van der Waals surface area contributed by atoms with E-state index in [0.717, 1.165) is 0 Å². The maximum absolute atomic E-state index is 10.8. The first kappa shape index (κ1) is 11.8. The molecule has 5 heteroatoms. The molecule has 1 fully saturated rings. The van der Waals surface area contributed by atoms with Crippen molar-refractivity contribution < 1.29 is 55.6 Å². The van der Waals surface area contributed by atoms with Gasteiger partial charge in [0.15, 0.2) is 0 Å². The summed E-state index contributed by atoms with van der Waals surface area (Å²) in [6.45, 7) is 1.58. The molecule has 4 nitrogen and oxygen atoms in total. The summed E-state index contributed by atoms with van der Waals surface area (Å²) in [5.74, 6) is -0.306. The van der Waals surface area contributed by atoms with Crippen molar-refractivity contribution in [3.63, 3.8) is 0 Å². The number of hydrogen-bond donors (Lipinski definition) is 0. The molecule has 1 atom stereocenters. The molecule has 1 aliphatic rings. The number of hydrogen-bond acceptors (Lipinski definition) is 3. The van der Waals surface area contributed by atoms with Gasteiger partial charge in [0.25, 0.3) is 5.97 Å². The van der Waals surface area contributed by atoms with E-state index in [4.69, 9.17) is 4.74 Å². The van der Waals surface area contributed by atoms with Gasteiger partial charge >= 0.3 is 0 Å². The number of carbonyl (C=O) groups excluding carboxylic acids is 1. The summed E-state index contributed by atoms with van der Waals surface area (Å²) in [4.78, 5) is 10.8. The Balaban J connectivity index is 0.000001000. The first-order valence-electron chi connectivity index (χ1n) is 3.17. The van der Waals surface area contributed by atoms with E-state index in [1.807, 2.05) is 0 Å². The van der Waals surface area contributed by atoms with Crippen LogP contribution in [0.5, 0.6) is 0 Å². The second-order valence-corrected chi connectivity index (χ2v) is 2.02. The smallest absolute Gasteiger partial charge is 0.289 e. The van der Waals surface area contributed by atoms with E-state index >= 15 is 0 Å². The van der Waals surface area contributed by atoms with Gasteiger partial charge in [-0.2, -0.15) is 0 Å². The minimum Gasteiger partial charge on any atom is -0.646 e. The zero-order valence-corrected chi connectivity index (χ0v) is 10.2. The van der Waals surface area contributed by atoms with Crippen molar-refractivity contribution in [1.82, 2.24) is 0 Å². The van der Waals surface area contributed by atoms with Gasteiger partial charge in [0, 0.05) is 54.5 Å². The zero-order chi connectivity index (χ0) is 7.40. The van der Waals surface area contributed by atoms with Gasteiger partial charge in [0.05, 0.1) is 7.11 Å². The molecule has 0 aromatic rings. The second kappa shape index (κ2) is 6.29. The average Bonchev–Trinajstić information content (AvgIpc) is 2.05.